The van der Waals surface area contributed by atoms with Gasteiger partial charge in [-0.25, -0.2) is 4.31 Å². The quantitative estimate of drug-likeness (QED) is 0.810. The summed E-state index contributed by atoms with van der Waals surface area (Å²) in [5, 5.41) is 8.83. The summed E-state index contributed by atoms with van der Waals surface area (Å²) < 4.78 is 7.69. The number of hydrogen-bond acceptors (Lipinski definition) is 5. The molecule has 1 unspecified atom stereocenters. The van der Waals surface area contributed by atoms with Crippen molar-refractivity contribution in [3.8, 4) is 17.3 Å². The number of hydrogen-bond donors (Lipinski definition) is 0. The second-order valence-electron chi connectivity index (χ2n) is 5.19. The van der Waals surface area contributed by atoms with Crippen molar-refractivity contribution in [2.24, 2.45) is 0 Å². The molecule has 2 heterocycles. The Labute approximate surface area is 134 Å². The van der Waals surface area contributed by atoms with Gasteiger partial charge >= 0.3 is 0 Å². The Balaban J connectivity index is 1.66. The molecule has 4 nitrogen and oxygen atoms in total. The molecule has 0 N–H and O–H groups in total. The Morgan fingerprint density at radius 2 is 2.09 bits per heavy atom. The summed E-state index contributed by atoms with van der Waals surface area (Å²) in [6.07, 6.45) is 3.33. The lowest BCUT2D eigenvalue weighted by molar-refractivity contribution is 0.115. The van der Waals surface area contributed by atoms with E-state index in [2.05, 4.69) is 21.4 Å². The van der Waals surface area contributed by atoms with Gasteiger partial charge in [-0.15, -0.1) is 0 Å². The van der Waals surface area contributed by atoms with E-state index < -0.39 is 0 Å². The van der Waals surface area contributed by atoms with Crippen LogP contribution in [-0.2, 0) is 4.74 Å². The lowest BCUT2D eigenvalue weighted by Crippen LogP contribution is -2.16. The van der Waals surface area contributed by atoms with Crippen LogP contribution in [0.3, 0.4) is 0 Å². The maximum atomic E-state index is 8.83. The largest absolute Gasteiger partial charge is 0.380 e. The molecular weight excluding hydrogens is 294 g/mol. The van der Waals surface area contributed by atoms with Crippen molar-refractivity contribution in [1.29, 1.82) is 5.26 Å². The molecule has 0 bridgehead atoms. The third-order valence-electron chi connectivity index (χ3n) is 3.72. The number of methoxy groups -OCH3 is 1. The molecule has 5 heteroatoms. The summed E-state index contributed by atoms with van der Waals surface area (Å²) in [6, 6.07) is 13.7. The van der Waals surface area contributed by atoms with Crippen molar-refractivity contribution in [2.75, 3.05) is 20.2 Å². The van der Waals surface area contributed by atoms with Crippen LogP contribution in [0, 0.1) is 11.3 Å². The van der Waals surface area contributed by atoms with Crippen LogP contribution < -0.4 is 0 Å². The van der Waals surface area contributed by atoms with E-state index in [-0.39, 0.29) is 0 Å². The highest BCUT2D eigenvalue weighted by atomic mass is 32.2. The monoisotopic (exact) mass is 311 g/mol. The summed E-state index contributed by atoms with van der Waals surface area (Å²) in [7, 11) is 1.77. The van der Waals surface area contributed by atoms with Gasteiger partial charge in [0.1, 0.15) is 0 Å². The lowest BCUT2D eigenvalue weighted by Gasteiger charge is -2.14. The van der Waals surface area contributed by atoms with Gasteiger partial charge < -0.3 is 4.74 Å². The molecule has 112 valence electrons. The fraction of sp³-hybridized carbons (Fsp3) is 0.294. The Bertz CT molecular complexity index is 664. The molecule has 1 aromatic heterocycles. The van der Waals surface area contributed by atoms with Crippen LogP contribution in [0.2, 0.25) is 0 Å². The molecule has 0 aliphatic carbocycles. The summed E-state index contributed by atoms with van der Waals surface area (Å²) in [4.78, 5) is 5.66. The third-order valence-corrected chi connectivity index (χ3v) is 4.76. The molecule has 1 fully saturated rings. The highest BCUT2D eigenvalue weighted by molar-refractivity contribution is 7.97. The zero-order valence-electron chi connectivity index (χ0n) is 12.4. The molecule has 0 radical (unpaired) electrons. The molecule has 0 amide bonds. The second-order valence-corrected chi connectivity index (χ2v) is 6.36. The van der Waals surface area contributed by atoms with Crippen LogP contribution in [-0.4, -0.2) is 35.6 Å². The molecule has 1 atom stereocenters. The summed E-state index contributed by atoms with van der Waals surface area (Å²) >= 11 is 1.73. The van der Waals surface area contributed by atoms with Gasteiger partial charge in [0.2, 0.25) is 0 Å². The first-order valence-electron chi connectivity index (χ1n) is 7.21. The maximum Gasteiger partial charge on any atom is 0.0991 e. The second kappa shape index (κ2) is 6.93. The Hall–Kier alpha value is -1.87. The lowest BCUT2D eigenvalue weighted by atomic mass is 10.1. The predicted molar refractivity (Wildman–Crippen MR) is 87.2 cm³/mol. The molecule has 0 saturated carbocycles. The van der Waals surface area contributed by atoms with E-state index in [0.29, 0.717) is 11.7 Å². The van der Waals surface area contributed by atoms with E-state index in [1.165, 1.54) is 0 Å². The van der Waals surface area contributed by atoms with Gasteiger partial charge in [0, 0.05) is 36.9 Å². The van der Waals surface area contributed by atoms with Crippen molar-refractivity contribution in [1.82, 2.24) is 9.29 Å². The summed E-state index contributed by atoms with van der Waals surface area (Å²) in [5.74, 6) is 0. The van der Waals surface area contributed by atoms with E-state index in [4.69, 9.17) is 10.00 Å². The normalized spacial score (nSPS) is 18.3. The van der Waals surface area contributed by atoms with Gasteiger partial charge in [0.05, 0.1) is 23.4 Å². The van der Waals surface area contributed by atoms with Crippen LogP contribution in [0.1, 0.15) is 12.0 Å². The Morgan fingerprint density at radius 3 is 2.68 bits per heavy atom. The number of pyridine rings is 1. The van der Waals surface area contributed by atoms with Crippen molar-refractivity contribution in [3.63, 3.8) is 0 Å². The van der Waals surface area contributed by atoms with E-state index >= 15 is 0 Å². The molecule has 1 saturated heterocycles. The molecule has 1 aliphatic rings. The summed E-state index contributed by atoms with van der Waals surface area (Å²) in [5.41, 5.74) is 2.61. The number of ether oxygens (including phenoxy) is 1. The van der Waals surface area contributed by atoms with Crippen molar-refractivity contribution in [2.45, 2.75) is 17.4 Å². The van der Waals surface area contributed by atoms with Crippen molar-refractivity contribution < 1.29 is 4.74 Å². The maximum absolute atomic E-state index is 8.83. The van der Waals surface area contributed by atoms with Crippen LogP contribution in [0.4, 0.5) is 0 Å². The zero-order valence-corrected chi connectivity index (χ0v) is 13.2. The number of nitriles is 1. The smallest absolute Gasteiger partial charge is 0.0991 e. The molecule has 2 aromatic rings. The molecule has 3 rings (SSSR count). The molecular formula is C17H17N3OS. The van der Waals surface area contributed by atoms with Crippen LogP contribution >= 0.6 is 11.9 Å². The summed E-state index contributed by atoms with van der Waals surface area (Å²) in [6.45, 7) is 2.00. The average molecular weight is 311 g/mol. The van der Waals surface area contributed by atoms with E-state index in [1.807, 2.05) is 36.5 Å². The minimum absolute atomic E-state index is 0.346. The van der Waals surface area contributed by atoms with E-state index in [1.54, 1.807) is 19.1 Å². The molecule has 1 aromatic carbocycles. The van der Waals surface area contributed by atoms with Gasteiger partial charge in [-0.3, -0.25) is 4.98 Å². The number of nitrogens with zero attached hydrogens (tertiary/aromatic N) is 3. The van der Waals surface area contributed by atoms with Crippen LogP contribution in [0.25, 0.3) is 11.3 Å². The minimum Gasteiger partial charge on any atom is -0.380 e. The first-order valence-corrected chi connectivity index (χ1v) is 7.98. The van der Waals surface area contributed by atoms with Gasteiger partial charge in [-0.2, -0.15) is 5.26 Å². The number of benzene rings is 1. The fourth-order valence-electron chi connectivity index (χ4n) is 2.44. The minimum atomic E-state index is 0.346. The Morgan fingerprint density at radius 1 is 1.27 bits per heavy atom. The highest BCUT2D eigenvalue weighted by Crippen LogP contribution is 2.28. The van der Waals surface area contributed by atoms with Gasteiger partial charge in [0.15, 0.2) is 0 Å². The molecule has 1 aliphatic heterocycles. The van der Waals surface area contributed by atoms with Crippen molar-refractivity contribution in [3.05, 3.63) is 48.2 Å². The van der Waals surface area contributed by atoms with Crippen molar-refractivity contribution >= 4 is 11.9 Å². The van der Waals surface area contributed by atoms with Gasteiger partial charge in [-0.05, 0) is 42.6 Å². The van der Waals surface area contributed by atoms with Crippen LogP contribution in [0.5, 0.6) is 0 Å². The fourth-order valence-corrected chi connectivity index (χ4v) is 3.41. The van der Waals surface area contributed by atoms with Crippen LogP contribution in [0.15, 0.2) is 47.5 Å². The average Bonchev–Trinajstić information content (AvgIpc) is 3.03. The number of rotatable bonds is 4. The predicted octanol–water partition coefficient (Wildman–Crippen LogP) is 3.35. The van der Waals surface area contributed by atoms with Gasteiger partial charge in [0.25, 0.3) is 0 Å². The molecule has 0 spiro atoms. The molecule has 22 heavy (non-hydrogen) atoms. The first kappa shape index (κ1) is 15.0. The van der Waals surface area contributed by atoms with E-state index in [0.717, 1.165) is 35.7 Å². The number of aromatic nitrogens is 1. The topological polar surface area (TPSA) is 49.1 Å². The zero-order chi connectivity index (χ0) is 15.4. The first-order chi connectivity index (χ1) is 10.8. The van der Waals surface area contributed by atoms with E-state index in [9.17, 15) is 0 Å². The standard InChI is InChI=1S/C17H17N3OS/c1-21-15-8-9-20(12-15)22-16-6-7-17(19-11-16)14-4-2-13(10-18)3-5-14/h2-7,11,15H,8-9,12H2,1H3. The SMILES string of the molecule is COC1CCN(Sc2ccc(-c3ccc(C#N)cc3)nc2)C1. The highest BCUT2D eigenvalue weighted by Gasteiger charge is 2.22. The Kier molecular flexibility index (Phi) is 4.74. The third kappa shape index (κ3) is 3.47. The van der Waals surface area contributed by atoms with Gasteiger partial charge in [-0.1, -0.05) is 12.1 Å².